The molecule has 0 aromatic heterocycles. The molecule has 0 bridgehead atoms. The van der Waals surface area contributed by atoms with Gasteiger partial charge in [-0.05, 0) is 127 Å². The number of hydrogen-bond donors (Lipinski definition) is 0. The van der Waals surface area contributed by atoms with Crippen molar-refractivity contribution in [3.05, 3.63) is 300 Å². The fraction of sp³-hybridized carbons (Fsp3) is 0.135. The molecule has 0 aliphatic heterocycles. The van der Waals surface area contributed by atoms with E-state index in [4.69, 9.17) is 0 Å². The number of hydrogen-bond acceptors (Lipinski definition) is 2. The molecule has 10 aromatic rings. The zero-order valence-electron chi connectivity index (χ0n) is 43.7. The Bertz CT molecular complexity index is 3810. The van der Waals surface area contributed by atoms with E-state index in [0.717, 1.165) is 12.8 Å². The Balaban J connectivity index is 0.974. The van der Waals surface area contributed by atoms with Crippen LogP contribution in [0, 0.1) is 0 Å². The van der Waals surface area contributed by atoms with Crippen molar-refractivity contribution in [1.82, 2.24) is 0 Å². The number of nitrogens with zero attached hydrogens (tertiary/aromatic N) is 2. The molecular formula is C74H60N2. The molecule has 0 heterocycles. The fourth-order valence-electron chi connectivity index (χ4n) is 13.9. The Labute approximate surface area is 448 Å². The van der Waals surface area contributed by atoms with Gasteiger partial charge in [0.2, 0.25) is 0 Å². The number of benzene rings is 10. The molecule has 2 unspecified atom stereocenters. The van der Waals surface area contributed by atoms with E-state index in [1.54, 1.807) is 0 Å². The predicted octanol–water partition coefficient (Wildman–Crippen LogP) is 19.4. The van der Waals surface area contributed by atoms with Crippen LogP contribution in [-0.2, 0) is 21.9 Å². The lowest BCUT2D eigenvalue weighted by Gasteiger charge is -2.46. The minimum atomic E-state index is -0.505. The predicted molar refractivity (Wildman–Crippen MR) is 321 cm³/mol. The molecule has 0 radical (unpaired) electrons. The lowest BCUT2D eigenvalue weighted by molar-refractivity contribution is 0.547. The van der Waals surface area contributed by atoms with Gasteiger partial charge in [0, 0.05) is 33.0 Å². The molecule has 0 spiro atoms. The van der Waals surface area contributed by atoms with Crippen LogP contribution >= 0.6 is 0 Å². The van der Waals surface area contributed by atoms with Crippen molar-refractivity contribution >= 4 is 44.3 Å². The summed E-state index contributed by atoms with van der Waals surface area (Å²) in [6.07, 6.45) is 20.1. The number of rotatable bonds is 9. The first kappa shape index (κ1) is 45.9. The van der Waals surface area contributed by atoms with E-state index < -0.39 is 11.1 Å². The van der Waals surface area contributed by atoms with E-state index >= 15 is 0 Å². The summed E-state index contributed by atoms with van der Waals surface area (Å²) in [5.74, 6) is 0. The van der Waals surface area contributed by atoms with E-state index in [1.807, 2.05) is 0 Å². The molecule has 2 heteroatoms. The summed E-state index contributed by atoms with van der Waals surface area (Å²) in [4.78, 5) is 5.30. The largest absolute Gasteiger partial charge is 0.327 e. The summed E-state index contributed by atoms with van der Waals surface area (Å²) in [6, 6.07) is 82.5. The maximum atomic E-state index is 2.65. The van der Waals surface area contributed by atoms with Crippen molar-refractivity contribution < 1.29 is 0 Å². The lowest BCUT2D eigenvalue weighted by atomic mass is 9.79. The number of allylic oxidation sites excluding steroid dienone is 4. The average molecular weight is 977 g/mol. The van der Waals surface area contributed by atoms with Crippen LogP contribution in [0.4, 0.5) is 22.7 Å². The van der Waals surface area contributed by atoms with Gasteiger partial charge in [0.15, 0.2) is 0 Å². The van der Waals surface area contributed by atoms with Crippen molar-refractivity contribution in [3.63, 3.8) is 0 Å². The van der Waals surface area contributed by atoms with E-state index in [0.29, 0.717) is 0 Å². The highest BCUT2D eigenvalue weighted by molar-refractivity contribution is 6.12. The molecule has 2 atom stereocenters. The molecule has 0 saturated carbocycles. The third kappa shape index (κ3) is 6.79. The second-order valence-electron chi connectivity index (χ2n) is 22.4. The monoisotopic (exact) mass is 976 g/mol. The van der Waals surface area contributed by atoms with Crippen LogP contribution < -0.4 is 9.80 Å². The second-order valence-corrected chi connectivity index (χ2v) is 22.4. The van der Waals surface area contributed by atoms with Crippen molar-refractivity contribution in [2.45, 2.75) is 62.4 Å². The Hall–Kier alpha value is -8.72. The van der Waals surface area contributed by atoms with Crippen LogP contribution in [0.15, 0.2) is 267 Å². The summed E-state index contributed by atoms with van der Waals surface area (Å²) in [5, 5.41) is 4.85. The van der Waals surface area contributed by atoms with Crippen LogP contribution in [0.2, 0.25) is 0 Å². The van der Waals surface area contributed by atoms with Crippen LogP contribution in [0.1, 0.15) is 73.9 Å². The second kappa shape index (κ2) is 17.4. The van der Waals surface area contributed by atoms with Gasteiger partial charge in [-0.2, -0.15) is 0 Å². The van der Waals surface area contributed by atoms with Gasteiger partial charge in [0.05, 0.1) is 22.5 Å². The first-order valence-electron chi connectivity index (χ1n) is 27.1. The highest BCUT2D eigenvalue weighted by Gasteiger charge is 2.43. The average Bonchev–Trinajstić information content (AvgIpc) is 3.91. The lowest BCUT2D eigenvalue weighted by Crippen LogP contribution is -2.42. The Morgan fingerprint density at radius 1 is 0.303 bits per heavy atom. The molecular weight excluding hydrogens is 917 g/mol. The summed E-state index contributed by atoms with van der Waals surface area (Å²) >= 11 is 0. The molecule has 14 rings (SSSR count). The normalized spacial score (nSPS) is 19.1. The van der Waals surface area contributed by atoms with Crippen LogP contribution in [0.5, 0.6) is 0 Å². The maximum absolute atomic E-state index is 2.65. The summed E-state index contributed by atoms with van der Waals surface area (Å²) in [5.41, 5.74) is 19.1. The summed E-state index contributed by atoms with van der Waals surface area (Å²) < 4.78 is 0. The molecule has 2 nitrogen and oxygen atoms in total. The van der Waals surface area contributed by atoms with Gasteiger partial charge < -0.3 is 9.80 Å². The Kier molecular flexibility index (Phi) is 10.5. The molecule has 4 aliphatic carbocycles. The van der Waals surface area contributed by atoms with E-state index in [9.17, 15) is 0 Å². The van der Waals surface area contributed by atoms with E-state index in [-0.39, 0.29) is 10.8 Å². The topological polar surface area (TPSA) is 6.48 Å². The minimum Gasteiger partial charge on any atom is -0.327 e. The van der Waals surface area contributed by atoms with Crippen molar-refractivity contribution in [2.24, 2.45) is 0 Å². The molecule has 0 fully saturated rings. The minimum absolute atomic E-state index is 0.155. The van der Waals surface area contributed by atoms with Gasteiger partial charge in [0.25, 0.3) is 0 Å². The maximum Gasteiger partial charge on any atom is 0.0923 e. The number of anilines is 4. The third-order valence-corrected chi connectivity index (χ3v) is 17.7. The summed E-state index contributed by atoms with van der Waals surface area (Å²) in [7, 11) is 0. The van der Waals surface area contributed by atoms with Gasteiger partial charge in [-0.3, -0.25) is 0 Å². The van der Waals surface area contributed by atoms with Gasteiger partial charge in [-0.15, -0.1) is 0 Å². The molecule has 76 heavy (non-hydrogen) atoms. The molecule has 0 amide bonds. The molecule has 0 saturated heterocycles. The zero-order valence-corrected chi connectivity index (χ0v) is 43.7. The Morgan fingerprint density at radius 2 is 0.658 bits per heavy atom. The summed E-state index contributed by atoms with van der Waals surface area (Å²) in [6.45, 7) is 9.54. The van der Waals surface area contributed by atoms with E-state index in [1.165, 1.54) is 111 Å². The highest BCUT2D eigenvalue weighted by atomic mass is 15.2. The molecule has 366 valence electrons. The van der Waals surface area contributed by atoms with Crippen LogP contribution in [0.25, 0.3) is 54.9 Å². The van der Waals surface area contributed by atoms with Crippen LogP contribution in [-0.4, -0.2) is 0 Å². The quantitative estimate of drug-likeness (QED) is 0.142. The van der Waals surface area contributed by atoms with Gasteiger partial charge in [-0.25, -0.2) is 0 Å². The third-order valence-electron chi connectivity index (χ3n) is 17.7. The van der Waals surface area contributed by atoms with Crippen LogP contribution in [0.3, 0.4) is 0 Å². The van der Waals surface area contributed by atoms with Gasteiger partial charge >= 0.3 is 0 Å². The van der Waals surface area contributed by atoms with Crippen molar-refractivity contribution in [3.8, 4) is 33.4 Å². The van der Waals surface area contributed by atoms with Gasteiger partial charge in [-0.1, -0.05) is 258 Å². The SMILES string of the molecule is CC1(C)c2ccccc2-c2ccc(N(c3ccc(-c4ccc(N(c5ccc6c(c5)C(C)(C)c5ccccc5-6)C5(c6ccccc6)C=CC=CC5)c5ccccc45)c4ccccc34)C3(c4ccccc4)C=CC=CC3)cc21. The molecule has 10 aromatic carbocycles. The first-order chi connectivity index (χ1) is 37.2. The molecule has 0 N–H and O–H groups in total. The zero-order chi connectivity index (χ0) is 51.2. The van der Waals surface area contributed by atoms with Crippen molar-refractivity contribution in [1.29, 1.82) is 0 Å². The Morgan fingerprint density at radius 3 is 1.07 bits per heavy atom. The fourth-order valence-corrected chi connectivity index (χ4v) is 13.9. The number of fused-ring (bicyclic) bond motifs is 8. The highest BCUT2D eigenvalue weighted by Crippen LogP contribution is 2.56. The first-order valence-corrected chi connectivity index (χ1v) is 27.1. The van der Waals surface area contributed by atoms with Gasteiger partial charge in [0.1, 0.15) is 0 Å². The standard InChI is InChI=1S/C74H60N2/c1-71(2)65-35-19-17-31-59(65)61-39-37-53(49-67(61)71)75(73(45-21-7-22-46-73)51-25-9-5-10-26-51)69-43-41-57(55-29-13-15-33-63(55)69)58-42-44-70(64-34-16-14-30-56(58)64)76(74(47-23-8-24-48-74)52-27-11-6-12-28-52)54-38-40-62-60-32-18-20-36-66(60)72(3,4)68(62)50-54/h5-45,47,49-50H,46,48H2,1-4H3. The molecule has 4 aliphatic rings. The smallest absolute Gasteiger partial charge is 0.0923 e. The van der Waals surface area contributed by atoms with E-state index in [2.05, 4.69) is 304 Å². The van der Waals surface area contributed by atoms with Crippen molar-refractivity contribution in [2.75, 3.05) is 9.80 Å².